The van der Waals surface area contributed by atoms with Crippen molar-refractivity contribution in [2.45, 2.75) is 12.5 Å². The van der Waals surface area contributed by atoms with Gasteiger partial charge in [-0.25, -0.2) is 13.2 Å². The summed E-state index contributed by atoms with van der Waals surface area (Å²) in [7, 11) is 0. The molecule has 5 nitrogen and oxygen atoms in total. The van der Waals surface area contributed by atoms with Gasteiger partial charge in [-0.05, 0) is 6.07 Å². The van der Waals surface area contributed by atoms with Gasteiger partial charge in [0.2, 0.25) is 0 Å². The van der Waals surface area contributed by atoms with Crippen molar-refractivity contribution >= 4 is 18.1 Å². The van der Waals surface area contributed by atoms with Gasteiger partial charge in [-0.1, -0.05) is 0 Å². The van der Waals surface area contributed by atoms with E-state index in [2.05, 4.69) is 0 Å². The van der Waals surface area contributed by atoms with Gasteiger partial charge < -0.3 is 10.8 Å². The highest BCUT2D eigenvalue weighted by Crippen LogP contribution is 2.35. The van der Waals surface area contributed by atoms with Crippen LogP contribution in [0.2, 0.25) is 0 Å². The SMILES string of the molecule is Cl.N[C@@H](c1cc(F)cc([N+](=O)[O-])c1O)C(F)F. The molecular weight excluding hydrogens is 265 g/mol. The maximum Gasteiger partial charge on any atom is 0.313 e. The summed E-state index contributed by atoms with van der Waals surface area (Å²) in [6.07, 6.45) is -3.06. The first-order valence-corrected chi connectivity index (χ1v) is 4.05. The Morgan fingerprint density at radius 2 is 1.94 bits per heavy atom. The summed E-state index contributed by atoms with van der Waals surface area (Å²) in [4.78, 5) is 9.29. The Balaban J connectivity index is 0.00000256. The van der Waals surface area contributed by atoms with Crippen LogP contribution >= 0.6 is 12.4 Å². The first-order chi connectivity index (χ1) is 7.34. The Hall–Kier alpha value is -1.54. The van der Waals surface area contributed by atoms with Crippen LogP contribution in [-0.4, -0.2) is 16.5 Å². The molecule has 1 atom stereocenters. The lowest BCUT2D eigenvalue weighted by Gasteiger charge is -2.12. The molecule has 1 rings (SSSR count). The fraction of sp³-hybridized carbons (Fsp3) is 0.250. The van der Waals surface area contributed by atoms with Crippen LogP contribution in [0.5, 0.6) is 5.75 Å². The zero-order valence-corrected chi connectivity index (χ0v) is 8.96. The van der Waals surface area contributed by atoms with Crippen molar-refractivity contribution in [3.63, 3.8) is 0 Å². The molecule has 9 heteroatoms. The minimum Gasteiger partial charge on any atom is -0.502 e. The van der Waals surface area contributed by atoms with Crippen LogP contribution in [0, 0.1) is 15.9 Å². The van der Waals surface area contributed by atoms with Crippen LogP contribution in [0.15, 0.2) is 12.1 Å². The molecule has 17 heavy (non-hydrogen) atoms. The summed E-state index contributed by atoms with van der Waals surface area (Å²) in [5.74, 6) is -2.16. The lowest BCUT2D eigenvalue weighted by atomic mass is 10.1. The monoisotopic (exact) mass is 272 g/mol. The summed E-state index contributed by atoms with van der Waals surface area (Å²) in [6.45, 7) is 0. The lowest BCUT2D eigenvalue weighted by Crippen LogP contribution is -2.19. The van der Waals surface area contributed by atoms with Gasteiger partial charge in [0, 0.05) is 5.56 Å². The molecule has 3 N–H and O–H groups in total. The van der Waals surface area contributed by atoms with Crippen LogP contribution in [-0.2, 0) is 0 Å². The third-order valence-electron chi connectivity index (χ3n) is 1.91. The van der Waals surface area contributed by atoms with Crippen LogP contribution in [0.1, 0.15) is 11.6 Å². The van der Waals surface area contributed by atoms with E-state index in [1.165, 1.54) is 0 Å². The number of nitro groups is 1. The zero-order valence-electron chi connectivity index (χ0n) is 8.14. The van der Waals surface area contributed by atoms with Gasteiger partial charge in [-0.2, -0.15) is 0 Å². The molecule has 1 aromatic rings. The van der Waals surface area contributed by atoms with E-state index in [4.69, 9.17) is 5.73 Å². The number of alkyl halides is 2. The summed E-state index contributed by atoms with van der Waals surface area (Å²) in [5.41, 5.74) is 3.29. The van der Waals surface area contributed by atoms with E-state index in [1.54, 1.807) is 0 Å². The number of halogens is 4. The summed E-state index contributed by atoms with van der Waals surface area (Å²) in [5, 5.41) is 19.7. The van der Waals surface area contributed by atoms with E-state index in [0.29, 0.717) is 12.1 Å². The number of phenols is 1. The third-order valence-corrected chi connectivity index (χ3v) is 1.91. The zero-order chi connectivity index (χ0) is 12.5. The fourth-order valence-corrected chi connectivity index (χ4v) is 1.13. The van der Waals surface area contributed by atoms with Crippen LogP contribution in [0.3, 0.4) is 0 Å². The van der Waals surface area contributed by atoms with Gasteiger partial charge in [-0.3, -0.25) is 10.1 Å². The number of benzene rings is 1. The molecule has 0 unspecified atom stereocenters. The molecule has 0 saturated heterocycles. The Kier molecular flexibility index (Phi) is 5.17. The van der Waals surface area contributed by atoms with Crippen molar-refractivity contribution in [2.24, 2.45) is 5.73 Å². The predicted octanol–water partition coefficient (Wildman–Crippen LogP) is 2.13. The second-order valence-corrected chi connectivity index (χ2v) is 2.98. The Labute approximate surface area is 99.6 Å². The summed E-state index contributed by atoms with van der Waals surface area (Å²) < 4.78 is 37.3. The molecule has 0 fully saturated rings. The number of aromatic hydroxyl groups is 1. The van der Waals surface area contributed by atoms with Crippen molar-refractivity contribution in [3.05, 3.63) is 33.6 Å². The molecular formula is C8H8ClF3N2O3. The minimum absolute atomic E-state index is 0. The molecule has 1 aromatic carbocycles. The highest BCUT2D eigenvalue weighted by atomic mass is 35.5. The molecule has 0 aliphatic rings. The van der Waals surface area contributed by atoms with Gasteiger partial charge in [0.05, 0.1) is 17.0 Å². The molecule has 96 valence electrons. The highest BCUT2D eigenvalue weighted by Gasteiger charge is 2.27. The fourth-order valence-electron chi connectivity index (χ4n) is 1.13. The van der Waals surface area contributed by atoms with Gasteiger partial charge in [0.25, 0.3) is 6.43 Å². The van der Waals surface area contributed by atoms with E-state index in [9.17, 15) is 28.4 Å². The Morgan fingerprint density at radius 1 is 1.41 bits per heavy atom. The second kappa shape index (κ2) is 5.69. The lowest BCUT2D eigenvalue weighted by molar-refractivity contribution is -0.386. The number of rotatable bonds is 3. The van der Waals surface area contributed by atoms with E-state index < -0.39 is 40.2 Å². The first-order valence-electron chi connectivity index (χ1n) is 4.05. The molecule has 0 bridgehead atoms. The van der Waals surface area contributed by atoms with Crippen molar-refractivity contribution in [1.82, 2.24) is 0 Å². The first kappa shape index (κ1) is 15.5. The van der Waals surface area contributed by atoms with Crippen LogP contribution in [0.4, 0.5) is 18.9 Å². The van der Waals surface area contributed by atoms with Crippen molar-refractivity contribution in [3.8, 4) is 5.75 Å². The van der Waals surface area contributed by atoms with E-state index in [0.717, 1.165) is 0 Å². The number of phenolic OH excluding ortho intramolecular Hbond substituents is 1. The number of hydrogen-bond donors (Lipinski definition) is 2. The van der Waals surface area contributed by atoms with Crippen molar-refractivity contribution in [1.29, 1.82) is 0 Å². The average molecular weight is 273 g/mol. The second-order valence-electron chi connectivity index (χ2n) is 2.98. The highest BCUT2D eigenvalue weighted by molar-refractivity contribution is 5.85. The van der Waals surface area contributed by atoms with Crippen LogP contribution < -0.4 is 5.73 Å². The molecule has 0 heterocycles. The third kappa shape index (κ3) is 3.21. The number of nitro benzene ring substituents is 1. The standard InChI is InChI=1S/C8H7F3N2O3.ClH/c9-3-1-4(6(12)8(10)11)7(14)5(2-3)13(15)16;/h1-2,6,8,14H,12H2;1H/t6-;/m0./s1. The van der Waals surface area contributed by atoms with E-state index in [1.807, 2.05) is 0 Å². The molecule has 0 amide bonds. The molecule has 0 spiro atoms. The van der Waals surface area contributed by atoms with E-state index in [-0.39, 0.29) is 12.4 Å². The minimum atomic E-state index is -3.06. The number of nitrogens with zero attached hydrogens (tertiary/aromatic N) is 1. The smallest absolute Gasteiger partial charge is 0.313 e. The molecule has 0 aromatic heterocycles. The Morgan fingerprint density at radius 3 is 2.35 bits per heavy atom. The van der Waals surface area contributed by atoms with Gasteiger partial charge in [0.1, 0.15) is 5.82 Å². The van der Waals surface area contributed by atoms with E-state index >= 15 is 0 Å². The molecule has 0 aliphatic carbocycles. The normalized spacial score (nSPS) is 12.1. The van der Waals surface area contributed by atoms with Crippen molar-refractivity contribution in [2.75, 3.05) is 0 Å². The maximum absolute atomic E-state index is 12.9. The topological polar surface area (TPSA) is 89.4 Å². The van der Waals surface area contributed by atoms with Gasteiger partial charge in [-0.15, -0.1) is 12.4 Å². The summed E-state index contributed by atoms with van der Waals surface area (Å²) >= 11 is 0. The quantitative estimate of drug-likeness (QED) is 0.651. The largest absolute Gasteiger partial charge is 0.502 e. The molecule has 0 saturated carbocycles. The number of nitrogens with two attached hydrogens (primary N) is 1. The molecule has 0 radical (unpaired) electrons. The molecule has 0 aliphatic heterocycles. The van der Waals surface area contributed by atoms with Gasteiger partial charge in [0.15, 0.2) is 5.75 Å². The number of hydrogen-bond acceptors (Lipinski definition) is 4. The summed E-state index contributed by atoms with van der Waals surface area (Å²) in [6, 6.07) is -1.01. The predicted molar refractivity (Wildman–Crippen MR) is 54.9 cm³/mol. The van der Waals surface area contributed by atoms with Crippen molar-refractivity contribution < 1.29 is 23.2 Å². The maximum atomic E-state index is 12.9. The van der Waals surface area contributed by atoms with Crippen LogP contribution in [0.25, 0.3) is 0 Å². The average Bonchev–Trinajstić information content (AvgIpc) is 2.19. The Bertz CT molecular complexity index is 431. The van der Waals surface area contributed by atoms with Gasteiger partial charge >= 0.3 is 5.69 Å².